The van der Waals surface area contributed by atoms with Gasteiger partial charge in [-0.3, -0.25) is 4.79 Å². The normalized spacial score (nSPS) is 24.6. The highest BCUT2D eigenvalue weighted by molar-refractivity contribution is 7.87. The molecule has 0 saturated heterocycles. The Balaban J connectivity index is 2.50. The number of carboxylic acids is 1. The number of carboxylic acid groups (broad SMARTS) is 1. The molecule has 0 radical (unpaired) electrons. The zero-order chi connectivity index (χ0) is 15.4. The molecule has 1 saturated carbocycles. The summed E-state index contributed by atoms with van der Waals surface area (Å²) in [6, 6.07) is 0. The first-order chi connectivity index (χ1) is 9.11. The molecule has 2 atom stereocenters. The Morgan fingerprint density at radius 2 is 1.80 bits per heavy atom. The van der Waals surface area contributed by atoms with E-state index >= 15 is 0 Å². The third kappa shape index (κ3) is 6.06. The Morgan fingerprint density at radius 3 is 2.35 bits per heavy atom. The molecule has 1 fully saturated rings. The van der Waals surface area contributed by atoms with Crippen LogP contribution in [0.15, 0.2) is 0 Å². The number of alkyl halides is 3. The van der Waals surface area contributed by atoms with Gasteiger partial charge in [0, 0.05) is 6.54 Å². The van der Waals surface area contributed by atoms with Gasteiger partial charge in [0.1, 0.15) is 6.54 Å². The van der Waals surface area contributed by atoms with E-state index in [1.165, 1.54) is 4.72 Å². The molecule has 1 aliphatic rings. The van der Waals surface area contributed by atoms with Gasteiger partial charge in [-0.2, -0.15) is 26.3 Å². The summed E-state index contributed by atoms with van der Waals surface area (Å²) < 4.78 is 61.8. The summed E-state index contributed by atoms with van der Waals surface area (Å²) in [6.07, 6.45) is -2.10. The van der Waals surface area contributed by atoms with Crippen molar-refractivity contribution in [1.82, 2.24) is 9.44 Å². The van der Waals surface area contributed by atoms with Crippen LogP contribution >= 0.6 is 0 Å². The van der Waals surface area contributed by atoms with Gasteiger partial charge in [-0.25, -0.2) is 4.72 Å². The second kappa shape index (κ2) is 6.72. The lowest BCUT2D eigenvalue weighted by molar-refractivity contribution is -0.144. The molecule has 0 aromatic rings. The monoisotopic (exact) mass is 318 g/mol. The molecular weight excluding hydrogens is 301 g/mol. The average Bonchev–Trinajstić information content (AvgIpc) is 2.34. The van der Waals surface area contributed by atoms with Crippen molar-refractivity contribution in [1.29, 1.82) is 0 Å². The lowest BCUT2D eigenvalue weighted by atomic mass is 9.79. The summed E-state index contributed by atoms with van der Waals surface area (Å²) >= 11 is 0. The van der Waals surface area contributed by atoms with Gasteiger partial charge >= 0.3 is 12.1 Å². The van der Waals surface area contributed by atoms with E-state index in [4.69, 9.17) is 5.11 Å². The Labute approximate surface area is 114 Å². The first-order valence-corrected chi connectivity index (χ1v) is 7.63. The van der Waals surface area contributed by atoms with E-state index in [0.29, 0.717) is 12.8 Å². The standard InChI is InChI=1S/C10H17F3N2O4S/c11-10(12,13)6-15-20(18,19)14-5-7-3-1-2-4-8(7)9(16)17/h7-8,14-15H,1-6H2,(H,16,17). The van der Waals surface area contributed by atoms with Crippen LogP contribution in [-0.4, -0.2) is 38.8 Å². The van der Waals surface area contributed by atoms with Crippen LogP contribution in [0.2, 0.25) is 0 Å². The summed E-state index contributed by atoms with van der Waals surface area (Å²) in [7, 11) is -4.28. The molecule has 2 unspecified atom stereocenters. The smallest absolute Gasteiger partial charge is 0.402 e. The lowest BCUT2D eigenvalue weighted by Crippen LogP contribution is -2.44. The van der Waals surface area contributed by atoms with Gasteiger partial charge in [-0.05, 0) is 18.8 Å². The number of aliphatic carboxylic acids is 1. The fourth-order valence-electron chi connectivity index (χ4n) is 2.22. The maximum atomic E-state index is 11.9. The van der Waals surface area contributed by atoms with Gasteiger partial charge < -0.3 is 5.11 Å². The number of rotatable bonds is 6. The van der Waals surface area contributed by atoms with E-state index in [1.54, 1.807) is 0 Å². The molecule has 0 bridgehead atoms. The zero-order valence-electron chi connectivity index (χ0n) is 10.6. The van der Waals surface area contributed by atoms with E-state index in [-0.39, 0.29) is 6.54 Å². The van der Waals surface area contributed by atoms with Gasteiger partial charge in [-0.15, -0.1) is 0 Å². The number of nitrogens with one attached hydrogen (secondary N) is 2. The van der Waals surface area contributed by atoms with E-state index < -0.39 is 40.7 Å². The molecule has 20 heavy (non-hydrogen) atoms. The fraction of sp³-hybridized carbons (Fsp3) is 0.900. The SMILES string of the molecule is O=C(O)C1CCCCC1CNS(=O)(=O)NCC(F)(F)F. The first kappa shape index (κ1) is 17.2. The molecule has 0 spiro atoms. The highest BCUT2D eigenvalue weighted by atomic mass is 32.2. The predicted molar refractivity (Wildman–Crippen MR) is 64.1 cm³/mol. The second-order valence-corrected chi connectivity index (χ2v) is 6.36. The predicted octanol–water partition coefficient (Wildman–Crippen LogP) is 0.864. The lowest BCUT2D eigenvalue weighted by Gasteiger charge is -2.28. The van der Waals surface area contributed by atoms with E-state index in [0.717, 1.165) is 12.8 Å². The van der Waals surface area contributed by atoms with Crippen molar-refractivity contribution >= 4 is 16.2 Å². The Hall–Kier alpha value is -0.870. The summed E-state index contributed by atoms with van der Waals surface area (Å²) in [4.78, 5) is 11.0. The van der Waals surface area contributed by atoms with Crippen LogP contribution in [0.25, 0.3) is 0 Å². The Bertz CT molecular complexity index is 438. The molecule has 3 N–H and O–H groups in total. The van der Waals surface area contributed by atoms with Gasteiger partial charge in [0.15, 0.2) is 0 Å². The fourth-order valence-corrected chi connectivity index (χ4v) is 3.11. The minimum atomic E-state index is -4.64. The van der Waals surface area contributed by atoms with Crippen molar-refractivity contribution in [2.24, 2.45) is 11.8 Å². The van der Waals surface area contributed by atoms with Crippen LogP contribution in [0.5, 0.6) is 0 Å². The highest BCUT2D eigenvalue weighted by Crippen LogP contribution is 2.29. The van der Waals surface area contributed by atoms with Gasteiger partial charge in [-0.1, -0.05) is 12.8 Å². The zero-order valence-corrected chi connectivity index (χ0v) is 11.4. The topological polar surface area (TPSA) is 95.5 Å². The number of carbonyl (C=O) groups is 1. The van der Waals surface area contributed by atoms with Crippen LogP contribution in [0.1, 0.15) is 25.7 Å². The van der Waals surface area contributed by atoms with Crippen molar-refractivity contribution < 1.29 is 31.5 Å². The van der Waals surface area contributed by atoms with Crippen LogP contribution in [-0.2, 0) is 15.0 Å². The molecule has 0 aliphatic heterocycles. The quantitative estimate of drug-likeness (QED) is 0.677. The molecule has 0 heterocycles. The summed E-state index contributed by atoms with van der Waals surface area (Å²) in [5.74, 6) is -2.06. The number of hydrogen-bond donors (Lipinski definition) is 3. The van der Waals surface area contributed by atoms with Gasteiger partial charge in [0.2, 0.25) is 0 Å². The molecule has 0 aromatic carbocycles. The van der Waals surface area contributed by atoms with E-state index in [2.05, 4.69) is 0 Å². The summed E-state index contributed by atoms with van der Waals surface area (Å²) in [5.41, 5.74) is 0. The molecular formula is C10H17F3N2O4S. The Morgan fingerprint density at radius 1 is 1.20 bits per heavy atom. The van der Waals surface area contributed by atoms with Crippen LogP contribution in [0, 0.1) is 11.8 Å². The third-order valence-electron chi connectivity index (χ3n) is 3.22. The minimum absolute atomic E-state index is 0.176. The largest absolute Gasteiger partial charge is 0.481 e. The Kier molecular flexibility index (Phi) is 5.78. The maximum absolute atomic E-state index is 11.9. The molecule has 1 rings (SSSR count). The molecule has 1 aliphatic carbocycles. The maximum Gasteiger partial charge on any atom is 0.402 e. The number of halogens is 3. The highest BCUT2D eigenvalue weighted by Gasteiger charge is 2.33. The van der Waals surface area contributed by atoms with Crippen LogP contribution < -0.4 is 9.44 Å². The summed E-state index contributed by atoms with van der Waals surface area (Å²) in [5, 5.41) is 9.01. The molecule has 10 heteroatoms. The van der Waals surface area contributed by atoms with Crippen molar-refractivity contribution in [3.05, 3.63) is 0 Å². The molecule has 0 aromatic heterocycles. The molecule has 0 amide bonds. The van der Waals surface area contributed by atoms with Crippen molar-refractivity contribution in [2.45, 2.75) is 31.9 Å². The first-order valence-electron chi connectivity index (χ1n) is 6.14. The van der Waals surface area contributed by atoms with Crippen molar-refractivity contribution in [2.75, 3.05) is 13.1 Å². The van der Waals surface area contributed by atoms with Crippen molar-refractivity contribution in [3.8, 4) is 0 Å². The average molecular weight is 318 g/mol. The van der Waals surface area contributed by atoms with Crippen molar-refractivity contribution in [3.63, 3.8) is 0 Å². The van der Waals surface area contributed by atoms with Gasteiger partial charge in [0.05, 0.1) is 5.92 Å². The van der Waals surface area contributed by atoms with Gasteiger partial charge in [0.25, 0.3) is 10.2 Å². The third-order valence-corrected chi connectivity index (χ3v) is 4.30. The molecule has 118 valence electrons. The van der Waals surface area contributed by atoms with Crippen LogP contribution in [0.4, 0.5) is 13.2 Å². The number of hydrogen-bond acceptors (Lipinski definition) is 3. The summed E-state index contributed by atoms with van der Waals surface area (Å²) in [6.45, 7) is -1.83. The van der Waals surface area contributed by atoms with Crippen LogP contribution in [0.3, 0.4) is 0 Å². The van der Waals surface area contributed by atoms with E-state index in [1.807, 2.05) is 4.72 Å². The minimum Gasteiger partial charge on any atom is -0.481 e. The van der Waals surface area contributed by atoms with E-state index in [9.17, 15) is 26.4 Å². The molecule has 6 nitrogen and oxygen atoms in total. The second-order valence-electron chi connectivity index (χ2n) is 4.78.